The van der Waals surface area contributed by atoms with Gasteiger partial charge >= 0.3 is 0 Å². The number of benzene rings is 1. The van der Waals surface area contributed by atoms with Crippen LogP contribution in [0.25, 0.3) is 0 Å². The van der Waals surface area contributed by atoms with E-state index < -0.39 is 5.91 Å². The van der Waals surface area contributed by atoms with Gasteiger partial charge < -0.3 is 15.8 Å². The molecule has 1 aromatic carbocycles. The summed E-state index contributed by atoms with van der Waals surface area (Å²) in [5, 5.41) is 2.66. The van der Waals surface area contributed by atoms with Crippen molar-refractivity contribution in [2.45, 2.75) is 5.88 Å². The lowest BCUT2D eigenvalue weighted by atomic mass is 10.1. The second-order valence-electron chi connectivity index (χ2n) is 3.61. The summed E-state index contributed by atoms with van der Waals surface area (Å²) in [6.07, 6.45) is 0. The molecule has 0 aliphatic heterocycles. The number of halogens is 1. The highest BCUT2D eigenvalue weighted by atomic mass is 35.5. The van der Waals surface area contributed by atoms with Crippen LogP contribution in [0, 0.1) is 0 Å². The molecule has 1 rings (SSSR count). The Bertz CT molecular complexity index is 406. The number of carbonyl (C=O) groups is 2. The zero-order valence-electron chi connectivity index (χ0n) is 9.82. The van der Waals surface area contributed by atoms with Crippen LogP contribution in [0.15, 0.2) is 24.3 Å². The first-order valence-electron chi connectivity index (χ1n) is 5.42. The van der Waals surface area contributed by atoms with Crippen molar-refractivity contribution in [3.63, 3.8) is 0 Å². The number of alkyl halides is 1. The molecule has 0 atom stereocenters. The predicted molar refractivity (Wildman–Crippen MR) is 68.3 cm³/mol. The standard InChI is InChI=1S/C12H15ClN2O3/c13-7-9-1-3-10(4-2-9)12(17)15-5-6-18-8-11(14)16/h1-4H,5-8H2,(H2,14,16)(H,15,17). The van der Waals surface area contributed by atoms with Gasteiger partial charge in [-0.25, -0.2) is 0 Å². The number of amides is 2. The zero-order chi connectivity index (χ0) is 13.4. The van der Waals surface area contributed by atoms with Gasteiger partial charge in [-0.2, -0.15) is 0 Å². The van der Waals surface area contributed by atoms with Crippen LogP contribution in [0.4, 0.5) is 0 Å². The molecule has 3 N–H and O–H groups in total. The Morgan fingerprint density at radius 2 is 1.94 bits per heavy atom. The van der Waals surface area contributed by atoms with Crippen molar-refractivity contribution < 1.29 is 14.3 Å². The Morgan fingerprint density at radius 1 is 1.28 bits per heavy atom. The van der Waals surface area contributed by atoms with E-state index in [9.17, 15) is 9.59 Å². The van der Waals surface area contributed by atoms with Crippen LogP contribution in [0.5, 0.6) is 0 Å². The maximum absolute atomic E-state index is 11.7. The maximum atomic E-state index is 11.7. The van der Waals surface area contributed by atoms with E-state index in [1.165, 1.54) is 0 Å². The van der Waals surface area contributed by atoms with E-state index in [0.29, 0.717) is 18.0 Å². The molecule has 0 bridgehead atoms. The normalized spacial score (nSPS) is 10.1. The van der Waals surface area contributed by atoms with Gasteiger partial charge in [0.1, 0.15) is 6.61 Å². The summed E-state index contributed by atoms with van der Waals surface area (Å²) in [4.78, 5) is 22.0. The molecule has 2 amide bonds. The first kappa shape index (κ1) is 14.5. The lowest BCUT2D eigenvalue weighted by Gasteiger charge is -2.05. The monoisotopic (exact) mass is 270 g/mol. The fourth-order valence-electron chi connectivity index (χ4n) is 1.26. The molecule has 1 aromatic rings. The molecule has 98 valence electrons. The fourth-order valence-corrected chi connectivity index (χ4v) is 1.43. The van der Waals surface area contributed by atoms with Gasteiger partial charge in [-0.3, -0.25) is 9.59 Å². The molecular formula is C12H15ClN2O3. The van der Waals surface area contributed by atoms with Crippen LogP contribution >= 0.6 is 11.6 Å². The number of nitrogens with one attached hydrogen (secondary N) is 1. The lowest BCUT2D eigenvalue weighted by molar-refractivity contribution is -0.122. The minimum Gasteiger partial charge on any atom is -0.370 e. The first-order chi connectivity index (χ1) is 8.63. The van der Waals surface area contributed by atoms with Gasteiger partial charge in [0, 0.05) is 18.0 Å². The van der Waals surface area contributed by atoms with E-state index in [-0.39, 0.29) is 19.1 Å². The Labute approximate surface area is 110 Å². The van der Waals surface area contributed by atoms with E-state index in [2.05, 4.69) is 5.32 Å². The molecular weight excluding hydrogens is 256 g/mol. The minimum absolute atomic E-state index is 0.139. The second kappa shape index (κ2) is 7.68. The molecule has 0 unspecified atom stereocenters. The van der Waals surface area contributed by atoms with E-state index in [0.717, 1.165) is 5.56 Å². The van der Waals surface area contributed by atoms with Crippen molar-refractivity contribution in [2.75, 3.05) is 19.8 Å². The number of ether oxygens (including phenoxy) is 1. The van der Waals surface area contributed by atoms with Crippen molar-refractivity contribution in [3.8, 4) is 0 Å². The van der Waals surface area contributed by atoms with Crippen LogP contribution < -0.4 is 11.1 Å². The summed E-state index contributed by atoms with van der Waals surface area (Å²) < 4.78 is 4.91. The molecule has 6 heteroatoms. The Hall–Kier alpha value is -1.59. The van der Waals surface area contributed by atoms with Gasteiger partial charge in [0.2, 0.25) is 5.91 Å². The average Bonchev–Trinajstić information content (AvgIpc) is 2.38. The highest BCUT2D eigenvalue weighted by Crippen LogP contribution is 2.06. The van der Waals surface area contributed by atoms with E-state index in [1.54, 1.807) is 24.3 Å². The molecule has 0 aromatic heterocycles. The van der Waals surface area contributed by atoms with Gasteiger partial charge in [-0.05, 0) is 17.7 Å². The van der Waals surface area contributed by atoms with Crippen molar-refractivity contribution in [3.05, 3.63) is 35.4 Å². The van der Waals surface area contributed by atoms with Crippen molar-refractivity contribution in [1.82, 2.24) is 5.32 Å². The quantitative estimate of drug-likeness (QED) is 0.564. The van der Waals surface area contributed by atoms with E-state index >= 15 is 0 Å². The van der Waals surface area contributed by atoms with Gasteiger partial charge in [0.15, 0.2) is 0 Å². The van der Waals surface area contributed by atoms with Gasteiger partial charge in [-0.1, -0.05) is 12.1 Å². The van der Waals surface area contributed by atoms with Crippen LogP contribution in [-0.4, -0.2) is 31.6 Å². The molecule has 0 fully saturated rings. The third-order valence-electron chi connectivity index (χ3n) is 2.15. The number of hydrogen-bond acceptors (Lipinski definition) is 3. The minimum atomic E-state index is -0.530. The molecule has 0 saturated heterocycles. The number of nitrogens with two attached hydrogens (primary N) is 1. The van der Waals surface area contributed by atoms with Gasteiger partial charge in [-0.15, -0.1) is 11.6 Å². The van der Waals surface area contributed by atoms with Crippen LogP contribution in [-0.2, 0) is 15.4 Å². The fraction of sp³-hybridized carbons (Fsp3) is 0.333. The largest absolute Gasteiger partial charge is 0.370 e. The molecule has 0 saturated carbocycles. The molecule has 0 radical (unpaired) electrons. The Morgan fingerprint density at radius 3 is 2.50 bits per heavy atom. The summed E-state index contributed by atoms with van der Waals surface area (Å²) in [5.41, 5.74) is 6.40. The summed E-state index contributed by atoms with van der Waals surface area (Å²) in [6.45, 7) is 0.429. The summed E-state index contributed by atoms with van der Waals surface area (Å²) in [6, 6.07) is 7.01. The van der Waals surface area contributed by atoms with Crippen LogP contribution in [0.2, 0.25) is 0 Å². The Balaban J connectivity index is 2.29. The summed E-state index contributed by atoms with van der Waals surface area (Å²) in [7, 11) is 0. The molecule has 0 heterocycles. The Kier molecular flexibility index (Phi) is 6.18. The first-order valence-corrected chi connectivity index (χ1v) is 5.96. The molecule has 0 spiro atoms. The zero-order valence-corrected chi connectivity index (χ0v) is 10.6. The molecule has 5 nitrogen and oxygen atoms in total. The van der Waals surface area contributed by atoms with E-state index in [4.69, 9.17) is 22.1 Å². The number of primary amides is 1. The number of rotatable bonds is 7. The van der Waals surface area contributed by atoms with E-state index in [1.807, 2.05) is 0 Å². The molecule has 18 heavy (non-hydrogen) atoms. The average molecular weight is 271 g/mol. The molecule has 0 aliphatic rings. The van der Waals surface area contributed by atoms with Crippen molar-refractivity contribution >= 4 is 23.4 Å². The molecule has 0 aliphatic carbocycles. The maximum Gasteiger partial charge on any atom is 0.251 e. The van der Waals surface area contributed by atoms with Gasteiger partial charge in [0.05, 0.1) is 6.61 Å². The summed E-state index contributed by atoms with van der Waals surface area (Å²) >= 11 is 5.65. The second-order valence-corrected chi connectivity index (χ2v) is 3.87. The highest BCUT2D eigenvalue weighted by Gasteiger charge is 2.04. The van der Waals surface area contributed by atoms with Crippen molar-refractivity contribution in [2.24, 2.45) is 5.73 Å². The third-order valence-corrected chi connectivity index (χ3v) is 2.46. The highest BCUT2D eigenvalue weighted by molar-refractivity contribution is 6.17. The number of hydrogen-bond donors (Lipinski definition) is 2. The predicted octanol–water partition coefficient (Wildman–Crippen LogP) is 0.657. The topological polar surface area (TPSA) is 81.4 Å². The van der Waals surface area contributed by atoms with Crippen molar-refractivity contribution in [1.29, 1.82) is 0 Å². The van der Waals surface area contributed by atoms with Gasteiger partial charge in [0.25, 0.3) is 5.91 Å². The SMILES string of the molecule is NC(=O)COCCNC(=O)c1ccc(CCl)cc1. The number of carbonyl (C=O) groups excluding carboxylic acids is 2. The smallest absolute Gasteiger partial charge is 0.251 e. The lowest BCUT2D eigenvalue weighted by Crippen LogP contribution is -2.28. The van der Waals surface area contributed by atoms with Crippen LogP contribution in [0.1, 0.15) is 15.9 Å². The van der Waals surface area contributed by atoms with Crippen LogP contribution in [0.3, 0.4) is 0 Å². The summed E-state index contributed by atoms with van der Waals surface area (Å²) in [5.74, 6) is -0.306. The third kappa shape index (κ3) is 5.16.